The van der Waals surface area contributed by atoms with Gasteiger partial charge in [0.25, 0.3) is 0 Å². The molecule has 0 spiro atoms. The summed E-state index contributed by atoms with van der Waals surface area (Å²) in [5.74, 6) is -3.69. The topological polar surface area (TPSA) is 191 Å². The minimum atomic E-state index is -1.52. The first kappa shape index (κ1) is 23.0. The first-order valence-corrected chi connectivity index (χ1v) is 8.40. The minimum absolute atomic E-state index is 0.0558. The number of carbonyl (C=O) groups excluding carboxylic acids is 3. The molecule has 0 bridgehead atoms. The zero-order valence-corrected chi connectivity index (χ0v) is 15.0. The SMILES string of the molecule is NC(CO)C(=O)NCC(=O)NC(Cc1ccccc1)C(=O)NC(CO)C(=O)O. The molecule has 0 saturated heterocycles. The third-order valence-electron chi connectivity index (χ3n) is 3.69. The third-order valence-corrected chi connectivity index (χ3v) is 3.69. The van der Waals surface area contributed by atoms with Crippen LogP contribution >= 0.6 is 0 Å². The predicted molar refractivity (Wildman–Crippen MR) is 96.8 cm³/mol. The van der Waals surface area contributed by atoms with Crippen LogP contribution in [-0.2, 0) is 25.6 Å². The van der Waals surface area contributed by atoms with Crippen molar-refractivity contribution in [3.05, 3.63) is 35.9 Å². The molecule has 0 radical (unpaired) electrons. The molecule has 0 fully saturated rings. The molecule has 1 rings (SSSR count). The van der Waals surface area contributed by atoms with Gasteiger partial charge in [0.05, 0.1) is 19.8 Å². The van der Waals surface area contributed by atoms with Crippen molar-refractivity contribution in [2.75, 3.05) is 19.8 Å². The van der Waals surface area contributed by atoms with Crippen molar-refractivity contribution in [2.24, 2.45) is 5.73 Å². The second kappa shape index (κ2) is 11.6. The number of carboxylic acids is 1. The lowest BCUT2D eigenvalue weighted by Crippen LogP contribution is -2.55. The van der Waals surface area contributed by atoms with Crippen LogP contribution in [0.2, 0.25) is 0 Å². The van der Waals surface area contributed by atoms with Gasteiger partial charge in [-0.05, 0) is 5.56 Å². The van der Waals surface area contributed by atoms with Gasteiger partial charge in [-0.2, -0.15) is 0 Å². The second-order valence-corrected chi connectivity index (χ2v) is 5.90. The van der Waals surface area contributed by atoms with E-state index in [9.17, 15) is 19.2 Å². The highest BCUT2D eigenvalue weighted by Gasteiger charge is 2.26. The van der Waals surface area contributed by atoms with E-state index in [4.69, 9.17) is 21.1 Å². The summed E-state index contributed by atoms with van der Waals surface area (Å²) in [4.78, 5) is 47.0. The van der Waals surface area contributed by atoms with Crippen molar-refractivity contribution in [1.82, 2.24) is 16.0 Å². The maximum Gasteiger partial charge on any atom is 0.328 e. The zero-order valence-electron chi connectivity index (χ0n) is 15.0. The van der Waals surface area contributed by atoms with Gasteiger partial charge in [0.2, 0.25) is 17.7 Å². The summed E-state index contributed by atoms with van der Waals surface area (Å²) < 4.78 is 0. The molecule has 0 saturated carbocycles. The van der Waals surface area contributed by atoms with Crippen LogP contribution in [0.25, 0.3) is 0 Å². The van der Waals surface area contributed by atoms with Crippen LogP contribution in [-0.4, -0.2) is 76.9 Å². The molecule has 154 valence electrons. The van der Waals surface area contributed by atoms with Crippen molar-refractivity contribution in [1.29, 1.82) is 0 Å². The summed E-state index contributed by atoms with van der Waals surface area (Å²) in [5, 5.41) is 33.6. The van der Waals surface area contributed by atoms with Crippen LogP contribution < -0.4 is 21.7 Å². The van der Waals surface area contributed by atoms with Crippen LogP contribution in [0.15, 0.2) is 30.3 Å². The largest absolute Gasteiger partial charge is 0.480 e. The fraction of sp³-hybridized carbons (Fsp3) is 0.412. The minimum Gasteiger partial charge on any atom is -0.480 e. The predicted octanol–water partition coefficient (Wildman–Crippen LogP) is -3.29. The Bertz CT molecular complexity index is 683. The van der Waals surface area contributed by atoms with Crippen molar-refractivity contribution < 1.29 is 34.5 Å². The Morgan fingerprint density at radius 1 is 0.929 bits per heavy atom. The number of rotatable bonds is 11. The monoisotopic (exact) mass is 396 g/mol. The van der Waals surface area contributed by atoms with Crippen LogP contribution in [0.3, 0.4) is 0 Å². The highest BCUT2D eigenvalue weighted by atomic mass is 16.4. The van der Waals surface area contributed by atoms with E-state index >= 15 is 0 Å². The lowest BCUT2D eigenvalue weighted by Gasteiger charge is -2.21. The summed E-state index contributed by atoms with van der Waals surface area (Å²) in [6.07, 6.45) is 0.0558. The maximum absolute atomic E-state index is 12.4. The molecule has 3 amide bonds. The summed E-state index contributed by atoms with van der Waals surface area (Å²) >= 11 is 0. The molecule has 0 aliphatic carbocycles. The standard InChI is InChI=1S/C17H24N4O7/c18-11(8-22)15(25)19-7-14(24)20-12(6-10-4-2-1-3-5-10)16(26)21-13(9-23)17(27)28/h1-5,11-13,22-23H,6-9,18H2,(H,19,25)(H,20,24)(H,21,26)(H,27,28). The van der Waals surface area contributed by atoms with Gasteiger partial charge < -0.3 is 37.0 Å². The van der Waals surface area contributed by atoms with Gasteiger partial charge in [-0.15, -0.1) is 0 Å². The van der Waals surface area contributed by atoms with Gasteiger partial charge in [0.15, 0.2) is 0 Å². The fourth-order valence-corrected chi connectivity index (χ4v) is 2.14. The molecule has 3 atom stereocenters. The smallest absolute Gasteiger partial charge is 0.328 e. The number of amides is 3. The van der Waals surface area contributed by atoms with Gasteiger partial charge >= 0.3 is 5.97 Å². The van der Waals surface area contributed by atoms with E-state index in [0.717, 1.165) is 0 Å². The number of benzene rings is 1. The molecule has 1 aromatic rings. The molecule has 0 aliphatic heterocycles. The average molecular weight is 396 g/mol. The van der Waals surface area contributed by atoms with Gasteiger partial charge in [0.1, 0.15) is 18.1 Å². The van der Waals surface area contributed by atoms with E-state index < -0.39 is 61.6 Å². The fourth-order valence-electron chi connectivity index (χ4n) is 2.14. The molecule has 11 nitrogen and oxygen atoms in total. The Balaban J connectivity index is 2.79. The Morgan fingerprint density at radius 3 is 2.11 bits per heavy atom. The quantitative estimate of drug-likeness (QED) is 0.202. The molecule has 28 heavy (non-hydrogen) atoms. The summed E-state index contributed by atoms with van der Waals surface area (Å²) in [6.45, 7) is -1.90. The van der Waals surface area contributed by atoms with Gasteiger partial charge in [-0.25, -0.2) is 4.79 Å². The number of hydrogen-bond acceptors (Lipinski definition) is 7. The second-order valence-electron chi connectivity index (χ2n) is 5.90. The summed E-state index contributed by atoms with van der Waals surface area (Å²) in [6, 6.07) is 4.81. The maximum atomic E-state index is 12.4. The number of carbonyl (C=O) groups is 4. The van der Waals surface area contributed by atoms with Gasteiger partial charge in [-0.3, -0.25) is 14.4 Å². The van der Waals surface area contributed by atoms with Crippen molar-refractivity contribution in [3.8, 4) is 0 Å². The first-order chi connectivity index (χ1) is 13.3. The van der Waals surface area contributed by atoms with Crippen LogP contribution in [0, 0.1) is 0 Å². The number of carboxylic acid groups (broad SMARTS) is 1. The number of aliphatic carboxylic acids is 1. The van der Waals surface area contributed by atoms with Crippen molar-refractivity contribution in [2.45, 2.75) is 24.5 Å². The average Bonchev–Trinajstić information content (AvgIpc) is 2.69. The lowest BCUT2D eigenvalue weighted by atomic mass is 10.0. The number of hydrogen-bond donors (Lipinski definition) is 7. The number of aliphatic hydroxyl groups excluding tert-OH is 2. The van der Waals surface area contributed by atoms with E-state index in [-0.39, 0.29) is 6.42 Å². The summed E-state index contributed by atoms with van der Waals surface area (Å²) in [7, 11) is 0. The van der Waals surface area contributed by atoms with Crippen LogP contribution in [0.5, 0.6) is 0 Å². The Kier molecular flexibility index (Phi) is 9.57. The highest BCUT2D eigenvalue weighted by Crippen LogP contribution is 2.04. The molecule has 11 heteroatoms. The van der Waals surface area contributed by atoms with E-state index in [2.05, 4.69) is 16.0 Å². The first-order valence-electron chi connectivity index (χ1n) is 8.40. The van der Waals surface area contributed by atoms with Gasteiger partial charge in [0, 0.05) is 6.42 Å². The third kappa shape index (κ3) is 7.70. The van der Waals surface area contributed by atoms with E-state index in [1.54, 1.807) is 30.3 Å². The molecule has 0 aliphatic rings. The number of aliphatic hydroxyl groups is 2. The summed E-state index contributed by atoms with van der Waals surface area (Å²) in [5.41, 5.74) is 6.01. The van der Waals surface area contributed by atoms with Crippen molar-refractivity contribution >= 4 is 23.7 Å². The van der Waals surface area contributed by atoms with Crippen molar-refractivity contribution in [3.63, 3.8) is 0 Å². The number of nitrogens with two attached hydrogens (primary N) is 1. The Morgan fingerprint density at radius 2 is 1.57 bits per heavy atom. The van der Waals surface area contributed by atoms with Crippen LogP contribution in [0.4, 0.5) is 0 Å². The Labute approximate surface area is 160 Å². The van der Waals surface area contributed by atoms with E-state index in [0.29, 0.717) is 5.56 Å². The molecule has 1 aromatic carbocycles. The number of nitrogens with one attached hydrogen (secondary N) is 3. The molecular formula is C17H24N4O7. The molecule has 0 heterocycles. The Hall–Kier alpha value is -3.02. The molecule has 3 unspecified atom stereocenters. The van der Waals surface area contributed by atoms with E-state index in [1.807, 2.05) is 0 Å². The normalized spacial score (nSPS) is 13.7. The molecule has 0 aromatic heterocycles. The highest BCUT2D eigenvalue weighted by molar-refractivity contribution is 5.92. The van der Waals surface area contributed by atoms with E-state index in [1.165, 1.54) is 0 Å². The van der Waals surface area contributed by atoms with Crippen LogP contribution in [0.1, 0.15) is 5.56 Å². The lowest BCUT2D eigenvalue weighted by molar-refractivity contribution is -0.143. The molecular weight excluding hydrogens is 372 g/mol. The molecule has 8 N–H and O–H groups in total. The van der Waals surface area contributed by atoms with Gasteiger partial charge in [-0.1, -0.05) is 30.3 Å². The zero-order chi connectivity index (χ0) is 21.1.